The van der Waals surface area contributed by atoms with Gasteiger partial charge in [0.2, 0.25) is 0 Å². The van der Waals surface area contributed by atoms with Crippen molar-refractivity contribution in [1.29, 1.82) is 0 Å². The first-order chi connectivity index (χ1) is 5.91. The first-order valence-corrected chi connectivity index (χ1v) is 5.47. The maximum Gasteiger partial charge on any atom is 0.0380 e. The van der Waals surface area contributed by atoms with Gasteiger partial charge in [0.1, 0.15) is 0 Å². The Bertz CT molecular complexity index is 317. The molecular formula is C10H11NS. The van der Waals surface area contributed by atoms with Gasteiger partial charge < -0.3 is 5.32 Å². The SMILES string of the molecule is c1ccc2c(c1)NCC21CSC1. The summed E-state index contributed by atoms with van der Waals surface area (Å²) in [6.45, 7) is 1.15. The minimum atomic E-state index is 0.501. The van der Waals surface area contributed by atoms with Crippen molar-refractivity contribution in [1.82, 2.24) is 0 Å². The monoisotopic (exact) mass is 177 g/mol. The third-order valence-corrected chi connectivity index (χ3v) is 4.39. The second-order valence-corrected chi connectivity index (χ2v) is 4.66. The van der Waals surface area contributed by atoms with Crippen LogP contribution in [-0.2, 0) is 5.41 Å². The number of para-hydroxylation sites is 1. The van der Waals surface area contributed by atoms with Crippen LogP contribution in [0.25, 0.3) is 0 Å². The molecule has 0 atom stereocenters. The highest BCUT2D eigenvalue weighted by molar-refractivity contribution is 8.00. The molecule has 0 amide bonds. The third-order valence-electron chi connectivity index (χ3n) is 2.87. The molecule has 1 fully saturated rings. The van der Waals surface area contributed by atoms with E-state index in [0.717, 1.165) is 6.54 Å². The fraction of sp³-hybridized carbons (Fsp3) is 0.400. The van der Waals surface area contributed by atoms with Gasteiger partial charge in [-0.1, -0.05) is 18.2 Å². The lowest BCUT2D eigenvalue weighted by molar-refractivity contribution is 0.577. The topological polar surface area (TPSA) is 12.0 Å². The van der Waals surface area contributed by atoms with Gasteiger partial charge in [-0.2, -0.15) is 11.8 Å². The number of anilines is 1. The van der Waals surface area contributed by atoms with E-state index in [1.54, 1.807) is 5.56 Å². The Morgan fingerprint density at radius 2 is 2.08 bits per heavy atom. The van der Waals surface area contributed by atoms with E-state index in [9.17, 15) is 0 Å². The number of nitrogens with one attached hydrogen (secondary N) is 1. The molecule has 0 saturated carbocycles. The zero-order chi connectivity index (χ0) is 8.02. The highest BCUT2D eigenvalue weighted by Crippen LogP contribution is 2.47. The molecule has 1 spiro atoms. The largest absolute Gasteiger partial charge is 0.384 e. The second kappa shape index (κ2) is 2.19. The van der Waals surface area contributed by atoms with E-state index in [4.69, 9.17) is 0 Å². The van der Waals surface area contributed by atoms with E-state index >= 15 is 0 Å². The number of hydrogen-bond acceptors (Lipinski definition) is 2. The molecule has 62 valence electrons. The van der Waals surface area contributed by atoms with E-state index in [1.807, 2.05) is 0 Å². The van der Waals surface area contributed by atoms with E-state index in [2.05, 4.69) is 41.3 Å². The van der Waals surface area contributed by atoms with Crippen molar-refractivity contribution in [3.63, 3.8) is 0 Å². The van der Waals surface area contributed by atoms with Crippen LogP contribution < -0.4 is 5.32 Å². The summed E-state index contributed by atoms with van der Waals surface area (Å²) in [6, 6.07) is 8.72. The number of thioether (sulfide) groups is 1. The van der Waals surface area contributed by atoms with Crippen molar-refractivity contribution in [2.45, 2.75) is 5.41 Å². The van der Waals surface area contributed by atoms with Crippen LogP contribution in [0.4, 0.5) is 5.69 Å². The molecule has 2 heterocycles. The van der Waals surface area contributed by atoms with Gasteiger partial charge in [0.15, 0.2) is 0 Å². The predicted molar refractivity (Wildman–Crippen MR) is 53.9 cm³/mol. The van der Waals surface area contributed by atoms with Gasteiger partial charge in [-0.25, -0.2) is 0 Å². The van der Waals surface area contributed by atoms with E-state index in [1.165, 1.54) is 17.2 Å². The fourth-order valence-corrected chi connectivity index (χ4v) is 3.28. The van der Waals surface area contributed by atoms with Crippen LogP contribution in [0, 0.1) is 0 Å². The number of benzene rings is 1. The molecule has 1 saturated heterocycles. The van der Waals surface area contributed by atoms with Crippen molar-refractivity contribution in [2.75, 3.05) is 23.4 Å². The molecule has 0 bridgehead atoms. The van der Waals surface area contributed by atoms with Gasteiger partial charge >= 0.3 is 0 Å². The number of hydrogen-bond donors (Lipinski definition) is 1. The van der Waals surface area contributed by atoms with Crippen LogP contribution in [0.3, 0.4) is 0 Å². The zero-order valence-corrected chi connectivity index (χ0v) is 7.66. The summed E-state index contributed by atoms with van der Waals surface area (Å²) < 4.78 is 0. The summed E-state index contributed by atoms with van der Waals surface area (Å²) in [4.78, 5) is 0. The minimum absolute atomic E-state index is 0.501. The summed E-state index contributed by atoms with van der Waals surface area (Å²) in [7, 11) is 0. The van der Waals surface area contributed by atoms with E-state index in [0.29, 0.717) is 5.41 Å². The lowest BCUT2D eigenvalue weighted by atomic mass is 9.85. The standard InChI is InChI=1S/C10H11NS/c1-2-4-9-8(3-1)10(5-11-9)6-12-7-10/h1-4,11H,5-7H2. The summed E-state index contributed by atoms with van der Waals surface area (Å²) >= 11 is 2.06. The minimum Gasteiger partial charge on any atom is -0.384 e. The first kappa shape index (κ1) is 6.84. The number of rotatable bonds is 0. The average molecular weight is 177 g/mol. The average Bonchev–Trinajstić information content (AvgIpc) is 2.42. The molecule has 2 aliphatic rings. The maximum absolute atomic E-state index is 3.48. The lowest BCUT2D eigenvalue weighted by Gasteiger charge is -2.37. The Hall–Kier alpha value is -0.630. The van der Waals surface area contributed by atoms with Crippen molar-refractivity contribution < 1.29 is 0 Å². The van der Waals surface area contributed by atoms with Crippen molar-refractivity contribution in [3.8, 4) is 0 Å². The molecule has 1 aromatic carbocycles. The third kappa shape index (κ3) is 0.712. The Morgan fingerprint density at radius 3 is 2.83 bits per heavy atom. The van der Waals surface area contributed by atoms with Crippen LogP contribution in [0.5, 0.6) is 0 Å². The van der Waals surface area contributed by atoms with Crippen LogP contribution in [0.2, 0.25) is 0 Å². The lowest BCUT2D eigenvalue weighted by Crippen LogP contribution is -2.41. The molecule has 1 nitrogen and oxygen atoms in total. The molecule has 0 radical (unpaired) electrons. The molecule has 0 unspecified atom stereocenters. The fourth-order valence-electron chi connectivity index (χ4n) is 2.07. The highest BCUT2D eigenvalue weighted by Gasteiger charge is 2.44. The Morgan fingerprint density at radius 1 is 1.25 bits per heavy atom. The highest BCUT2D eigenvalue weighted by atomic mass is 32.2. The van der Waals surface area contributed by atoms with Gasteiger partial charge in [-0.15, -0.1) is 0 Å². The molecule has 2 aliphatic heterocycles. The molecular weight excluding hydrogens is 166 g/mol. The quantitative estimate of drug-likeness (QED) is 0.651. The number of fused-ring (bicyclic) bond motifs is 2. The van der Waals surface area contributed by atoms with Gasteiger partial charge in [0.25, 0.3) is 0 Å². The zero-order valence-electron chi connectivity index (χ0n) is 6.84. The van der Waals surface area contributed by atoms with Crippen molar-refractivity contribution in [3.05, 3.63) is 29.8 Å². The molecule has 1 aromatic rings. The van der Waals surface area contributed by atoms with E-state index in [-0.39, 0.29) is 0 Å². The molecule has 12 heavy (non-hydrogen) atoms. The van der Waals surface area contributed by atoms with Crippen LogP contribution in [0.1, 0.15) is 5.56 Å². The molecule has 0 aliphatic carbocycles. The Kier molecular flexibility index (Phi) is 1.25. The summed E-state index contributed by atoms with van der Waals surface area (Å²) in [5.74, 6) is 2.61. The smallest absolute Gasteiger partial charge is 0.0380 e. The maximum atomic E-state index is 3.48. The predicted octanol–water partition coefficient (Wildman–Crippen LogP) is 2.10. The van der Waals surface area contributed by atoms with Crippen molar-refractivity contribution >= 4 is 17.4 Å². The summed E-state index contributed by atoms with van der Waals surface area (Å²) in [5.41, 5.74) is 3.41. The molecule has 3 rings (SSSR count). The Balaban J connectivity index is 2.13. The van der Waals surface area contributed by atoms with E-state index < -0.39 is 0 Å². The van der Waals surface area contributed by atoms with Crippen LogP contribution in [0.15, 0.2) is 24.3 Å². The van der Waals surface area contributed by atoms with Crippen LogP contribution in [-0.4, -0.2) is 18.1 Å². The van der Waals surface area contributed by atoms with Gasteiger partial charge in [0, 0.05) is 29.2 Å². The molecule has 1 N–H and O–H groups in total. The first-order valence-electron chi connectivity index (χ1n) is 4.32. The molecule has 0 aromatic heterocycles. The normalized spacial score (nSPS) is 23.0. The van der Waals surface area contributed by atoms with Crippen LogP contribution >= 0.6 is 11.8 Å². The summed E-state index contributed by atoms with van der Waals surface area (Å²) in [5, 5.41) is 3.48. The van der Waals surface area contributed by atoms with Gasteiger partial charge in [-0.3, -0.25) is 0 Å². The van der Waals surface area contributed by atoms with Crippen molar-refractivity contribution in [2.24, 2.45) is 0 Å². The Labute approximate surface area is 76.6 Å². The van der Waals surface area contributed by atoms with Gasteiger partial charge in [0.05, 0.1) is 0 Å². The molecule has 2 heteroatoms. The summed E-state index contributed by atoms with van der Waals surface area (Å²) in [6.07, 6.45) is 0. The van der Waals surface area contributed by atoms with Gasteiger partial charge in [-0.05, 0) is 11.6 Å². The second-order valence-electron chi connectivity index (χ2n) is 3.67.